The second kappa shape index (κ2) is 3.02. The van der Waals surface area contributed by atoms with E-state index in [0.29, 0.717) is 17.9 Å². The van der Waals surface area contributed by atoms with Crippen LogP contribution >= 0.6 is 0 Å². The van der Waals surface area contributed by atoms with Crippen LogP contribution in [0.1, 0.15) is 24.0 Å². The molecule has 0 spiro atoms. The maximum Gasteiger partial charge on any atom is 0.318 e. The Hall–Kier alpha value is -2.10. The highest BCUT2D eigenvalue weighted by atomic mass is 16.5. The molecular formula is C14H11NO3. The van der Waals surface area contributed by atoms with E-state index < -0.39 is 5.92 Å². The topological polar surface area (TPSA) is 48.3 Å². The molecule has 0 fully saturated rings. The van der Waals surface area contributed by atoms with Crippen LogP contribution < -0.4 is 10.3 Å². The molecule has 0 saturated heterocycles. The van der Waals surface area contributed by atoms with Crippen LogP contribution in [0.3, 0.4) is 0 Å². The number of rotatable bonds is 0. The Morgan fingerprint density at radius 1 is 1.33 bits per heavy atom. The van der Waals surface area contributed by atoms with Crippen molar-refractivity contribution < 1.29 is 9.53 Å². The fourth-order valence-electron chi connectivity index (χ4n) is 3.03. The highest BCUT2D eigenvalue weighted by Gasteiger charge is 2.36. The third kappa shape index (κ3) is 0.967. The smallest absolute Gasteiger partial charge is 0.318 e. The van der Waals surface area contributed by atoms with Crippen molar-refractivity contribution >= 4 is 16.9 Å². The van der Waals surface area contributed by atoms with E-state index in [1.54, 1.807) is 11.5 Å². The molecule has 0 radical (unpaired) electrons. The molecule has 3 heterocycles. The van der Waals surface area contributed by atoms with E-state index >= 15 is 0 Å². The summed E-state index contributed by atoms with van der Waals surface area (Å²) in [5.41, 5.74) is 2.54. The zero-order valence-electron chi connectivity index (χ0n) is 9.90. The van der Waals surface area contributed by atoms with Gasteiger partial charge in [-0.1, -0.05) is 12.1 Å². The number of para-hydroxylation sites is 1. The van der Waals surface area contributed by atoms with Gasteiger partial charge in [0.05, 0.1) is 17.0 Å². The number of aromatic nitrogens is 1. The largest absolute Gasteiger partial charge is 0.425 e. The number of fused-ring (bicyclic) bond motifs is 2. The molecule has 4 nitrogen and oxygen atoms in total. The third-order valence-electron chi connectivity index (χ3n) is 3.95. The van der Waals surface area contributed by atoms with Crippen LogP contribution in [-0.4, -0.2) is 10.5 Å². The van der Waals surface area contributed by atoms with E-state index in [9.17, 15) is 9.59 Å². The number of hydrogen-bond acceptors (Lipinski definition) is 3. The van der Waals surface area contributed by atoms with Crippen molar-refractivity contribution in [3.8, 4) is 5.75 Å². The van der Waals surface area contributed by atoms with Crippen LogP contribution in [0.2, 0.25) is 0 Å². The fraction of sp³-hybridized carbons (Fsp3) is 0.286. The van der Waals surface area contributed by atoms with E-state index in [1.807, 2.05) is 18.2 Å². The van der Waals surface area contributed by atoms with Crippen molar-refractivity contribution in [2.75, 3.05) is 0 Å². The Morgan fingerprint density at radius 3 is 3.00 bits per heavy atom. The molecule has 1 aromatic carbocycles. The van der Waals surface area contributed by atoms with Crippen LogP contribution in [-0.2, 0) is 17.8 Å². The van der Waals surface area contributed by atoms with Gasteiger partial charge < -0.3 is 9.30 Å². The Morgan fingerprint density at radius 2 is 2.17 bits per heavy atom. The molecule has 1 aromatic heterocycles. The van der Waals surface area contributed by atoms with Crippen molar-refractivity contribution in [2.24, 2.45) is 0 Å². The summed E-state index contributed by atoms with van der Waals surface area (Å²) in [5.74, 6) is -0.301. The molecule has 2 aromatic rings. The predicted octanol–water partition coefficient (Wildman–Crippen LogP) is 1.58. The maximum absolute atomic E-state index is 12.4. The molecule has 2 aliphatic heterocycles. The molecule has 90 valence electrons. The summed E-state index contributed by atoms with van der Waals surface area (Å²) in [5, 5.41) is 0.886. The summed E-state index contributed by atoms with van der Waals surface area (Å²) >= 11 is 0. The monoisotopic (exact) mass is 241 g/mol. The SMILES string of the molecule is CC1C(=O)Oc2c1c(=O)n1c3c(cccc23)CC1. The zero-order valence-corrected chi connectivity index (χ0v) is 9.90. The Labute approximate surface area is 103 Å². The molecule has 4 rings (SSSR count). The molecule has 18 heavy (non-hydrogen) atoms. The molecule has 4 heteroatoms. The van der Waals surface area contributed by atoms with E-state index in [0.717, 1.165) is 22.9 Å². The highest BCUT2D eigenvalue weighted by Crippen LogP contribution is 2.40. The summed E-state index contributed by atoms with van der Waals surface area (Å²) in [4.78, 5) is 24.1. The Kier molecular flexibility index (Phi) is 1.66. The second-order valence-corrected chi connectivity index (χ2v) is 4.91. The lowest BCUT2D eigenvalue weighted by atomic mass is 10.0. The number of pyridine rings is 1. The van der Waals surface area contributed by atoms with Crippen LogP contribution in [0.5, 0.6) is 5.75 Å². The first-order valence-electron chi connectivity index (χ1n) is 6.08. The van der Waals surface area contributed by atoms with Gasteiger partial charge in [-0.2, -0.15) is 0 Å². The van der Waals surface area contributed by atoms with Gasteiger partial charge in [0.1, 0.15) is 5.75 Å². The summed E-state index contributed by atoms with van der Waals surface area (Å²) < 4.78 is 7.08. The first-order chi connectivity index (χ1) is 8.68. The molecule has 0 saturated carbocycles. The summed E-state index contributed by atoms with van der Waals surface area (Å²) in [7, 11) is 0. The van der Waals surface area contributed by atoms with Crippen molar-refractivity contribution in [1.82, 2.24) is 4.57 Å². The van der Waals surface area contributed by atoms with E-state index in [1.165, 1.54) is 0 Å². The van der Waals surface area contributed by atoms with Crippen molar-refractivity contribution in [3.63, 3.8) is 0 Å². The second-order valence-electron chi connectivity index (χ2n) is 4.91. The predicted molar refractivity (Wildman–Crippen MR) is 66.0 cm³/mol. The highest BCUT2D eigenvalue weighted by molar-refractivity contribution is 5.97. The van der Waals surface area contributed by atoms with Gasteiger partial charge in [0.2, 0.25) is 0 Å². The molecule has 2 aliphatic rings. The van der Waals surface area contributed by atoms with E-state index in [-0.39, 0.29) is 11.5 Å². The van der Waals surface area contributed by atoms with Gasteiger partial charge in [0.15, 0.2) is 0 Å². The lowest BCUT2D eigenvalue weighted by Crippen LogP contribution is -2.22. The number of carbonyl (C=O) groups excluding carboxylic acids is 1. The molecule has 1 atom stereocenters. The van der Waals surface area contributed by atoms with Crippen molar-refractivity contribution in [1.29, 1.82) is 0 Å². The summed E-state index contributed by atoms with van der Waals surface area (Å²) in [6, 6.07) is 5.90. The van der Waals surface area contributed by atoms with E-state index in [2.05, 4.69) is 0 Å². The number of benzene rings is 1. The Bertz CT molecular complexity index is 773. The zero-order chi connectivity index (χ0) is 12.4. The molecule has 0 N–H and O–H groups in total. The summed E-state index contributed by atoms with van der Waals surface area (Å²) in [6.07, 6.45) is 0.873. The fourth-order valence-corrected chi connectivity index (χ4v) is 3.03. The number of hydrogen-bond donors (Lipinski definition) is 0. The van der Waals surface area contributed by atoms with E-state index in [4.69, 9.17) is 4.74 Å². The molecule has 0 amide bonds. The van der Waals surface area contributed by atoms with Crippen molar-refractivity contribution in [2.45, 2.75) is 25.8 Å². The number of nitrogens with zero attached hydrogens (tertiary/aromatic N) is 1. The standard InChI is InChI=1S/C14H11NO3/c1-7-10-12(18-14(7)17)9-4-2-3-8-5-6-15(11(8)9)13(10)16/h2-4,7H,5-6H2,1H3. The van der Waals surface area contributed by atoms with Gasteiger partial charge in [-0.05, 0) is 25.0 Å². The number of carbonyl (C=O) groups is 1. The van der Waals surface area contributed by atoms with Crippen LogP contribution in [0.15, 0.2) is 23.0 Å². The van der Waals surface area contributed by atoms with Gasteiger partial charge in [-0.15, -0.1) is 0 Å². The molecule has 1 unspecified atom stereocenters. The molecular weight excluding hydrogens is 230 g/mol. The summed E-state index contributed by atoms with van der Waals surface area (Å²) in [6.45, 7) is 2.43. The lowest BCUT2D eigenvalue weighted by molar-refractivity contribution is -0.133. The first kappa shape index (κ1) is 9.88. The minimum Gasteiger partial charge on any atom is -0.425 e. The van der Waals surface area contributed by atoms with Gasteiger partial charge in [-0.25, -0.2) is 0 Å². The van der Waals surface area contributed by atoms with Crippen LogP contribution in [0.4, 0.5) is 0 Å². The Balaban J connectivity index is 2.26. The maximum atomic E-state index is 12.4. The lowest BCUT2D eigenvalue weighted by Gasteiger charge is -2.08. The first-order valence-corrected chi connectivity index (χ1v) is 6.08. The minimum atomic E-state index is -0.454. The quantitative estimate of drug-likeness (QED) is 0.658. The van der Waals surface area contributed by atoms with Crippen molar-refractivity contribution in [3.05, 3.63) is 39.7 Å². The average Bonchev–Trinajstić information content (AvgIpc) is 2.91. The van der Waals surface area contributed by atoms with Gasteiger partial charge in [0, 0.05) is 11.9 Å². The number of aryl methyl sites for hydroxylation is 2. The number of ether oxygens (including phenoxy) is 1. The molecule has 0 bridgehead atoms. The average molecular weight is 241 g/mol. The number of esters is 1. The minimum absolute atomic E-state index is 0.0687. The third-order valence-corrected chi connectivity index (χ3v) is 3.95. The van der Waals surface area contributed by atoms with Gasteiger partial charge in [0.25, 0.3) is 5.56 Å². The van der Waals surface area contributed by atoms with Gasteiger partial charge in [-0.3, -0.25) is 9.59 Å². The molecule has 0 aliphatic carbocycles. The van der Waals surface area contributed by atoms with Crippen LogP contribution in [0.25, 0.3) is 10.9 Å². The van der Waals surface area contributed by atoms with Crippen LogP contribution in [0, 0.1) is 0 Å². The normalized spacial score (nSPS) is 20.3. The van der Waals surface area contributed by atoms with Gasteiger partial charge >= 0.3 is 5.97 Å².